The first-order valence-electron chi connectivity index (χ1n) is 6.86. The highest BCUT2D eigenvalue weighted by molar-refractivity contribution is 7.89. The van der Waals surface area contributed by atoms with Crippen molar-refractivity contribution in [3.05, 3.63) is 18.2 Å². The van der Waals surface area contributed by atoms with E-state index in [1.807, 2.05) is 0 Å². The van der Waals surface area contributed by atoms with Crippen molar-refractivity contribution < 1.29 is 8.42 Å². The van der Waals surface area contributed by atoms with Crippen LogP contribution in [0.2, 0.25) is 0 Å². The SMILES string of the molecule is CC1(C)CCCC(Nc2cc(S(N)(=O)=O)ccc2N)C1. The van der Waals surface area contributed by atoms with Crippen LogP contribution in [-0.4, -0.2) is 14.5 Å². The Bertz CT molecular complexity index is 596. The molecule has 1 fully saturated rings. The first kappa shape index (κ1) is 15.1. The van der Waals surface area contributed by atoms with Gasteiger partial charge in [-0.2, -0.15) is 0 Å². The Kier molecular flexibility index (Phi) is 3.97. The Balaban J connectivity index is 2.21. The molecule has 0 aliphatic heterocycles. The number of rotatable bonds is 3. The second-order valence-corrected chi connectivity index (χ2v) is 7.96. The van der Waals surface area contributed by atoms with Crippen LogP contribution in [0.15, 0.2) is 23.1 Å². The molecule has 0 spiro atoms. The topological polar surface area (TPSA) is 98.2 Å². The van der Waals surface area contributed by atoms with Gasteiger partial charge in [0.2, 0.25) is 10.0 Å². The Morgan fingerprint density at radius 2 is 2.05 bits per heavy atom. The van der Waals surface area contributed by atoms with Crippen LogP contribution in [0.5, 0.6) is 0 Å². The fourth-order valence-electron chi connectivity index (χ4n) is 2.88. The number of nitrogen functional groups attached to an aromatic ring is 1. The smallest absolute Gasteiger partial charge is 0.238 e. The average Bonchev–Trinajstić information content (AvgIpc) is 2.29. The van der Waals surface area contributed by atoms with E-state index in [0.717, 1.165) is 12.8 Å². The van der Waals surface area contributed by atoms with Gasteiger partial charge in [-0.1, -0.05) is 20.3 Å². The van der Waals surface area contributed by atoms with Crippen molar-refractivity contribution in [1.82, 2.24) is 0 Å². The second-order valence-electron chi connectivity index (χ2n) is 6.40. The maximum atomic E-state index is 11.4. The molecule has 1 aliphatic carbocycles. The Labute approximate surface area is 120 Å². The van der Waals surface area contributed by atoms with Crippen LogP contribution < -0.4 is 16.2 Å². The van der Waals surface area contributed by atoms with Gasteiger partial charge < -0.3 is 11.1 Å². The first-order chi connectivity index (χ1) is 9.17. The monoisotopic (exact) mass is 297 g/mol. The summed E-state index contributed by atoms with van der Waals surface area (Å²) in [5.41, 5.74) is 7.42. The molecule has 0 amide bonds. The summed E-state index contributed by atoms with van der Waals surface area (Å²) in [5.74, 6) is 0. The lowest BCUT2D eigenvalue weighted by molar-refractivity contribution is 0.229. The fourth-order valence-corrected chi connectivity index (χ4v) is 3.42. The minimum Gasteiger partial charge on any atom is -0.397 e. The van der Waals surface area contributed by atoms with Gasteiger partial charge in [-0.25, -0.2) is 13.6 Å². The van der Waals surface area contributed by atoms with E-state index < -0.39 is 10.0 Å². The molecule has 1 aromatic carbocycles. The molecule has 112 valence electrons. The summed E-state index contributed by atoms with van der Waals surface area (Å²) in [6, 6.07) is 4.85. The number of hydrogen-bond acceptors (Lipinski definition) is 4. The molecule has 1 saturated carbocycles. The fraction of sp³-hybridized carbons (Fsp3) is 0.571. The molecular formula is C14H23N3O2S. The molecule has 0 heterocycles. The normalized spacial score (nSPS) is 22.4. The number of benzene rings is 1. The standard InChI is InChI=1S/C14H23N3O2S/c1-14(2)7-3-4-10(9-14)17-13-8-11(20(16,18)19)5-6-12(13)15/h5-6,8,10,17H,3-4,7,9,15H2,1-2H3,(H2,16,18,19). The minimum atomic E-state index is -3.70. The number of nitrogens with one attached hydrogen (secondary N) is 1. The van der Waals surface area contributed by atoms with Gasteiger partial charge in [0.05, 0.1) is 16.3 Å². The Morgan fingerprint density at radius 3 is 2.65 bits per heavy atom. The maximum absolute atomic E-state index is 11.4. The summed E-state index contributed by atoms with van der Waals surface area (Å²) in [6.07, 6.45) is 4.51. The number of sulfonamides is 1. The largest absolute Gasteiger partial charge is 0.397 e. The Hall–Kier alpha value is -1.27. The zero-order chi connectivity index (χ0) is 15.0. The number of nitrogens with two attached hydrogens (primary N) is 2. The van der Waals surface area contributed by atoms with E-state index in [0.29, 0.717) is 22.8 Å². The molecular weight excluding hydrogens is 274 g/mol. The van der Waals surface area contributed by atoms with Crippen molar-refractivity contribution in [2.45, 2.75) is 50.5 Å². The van der Waals surface area contributed by atoms with Crippen molar-refractivity contribution in [3.63, 3.8) is 0 Å². The summed E-state index contributed by atoms with van der Waals surface area (Å²) in [6.45, 7) is 4.51. The van der Waals surface area contributed by atoms with Crippen molar-refractivity contribution in [2.24, 2.45) is 10.6 Å². The van der Waals surface area contributed by atoms with Crippen molar-refractivity contribution >= 4 is 21.4 Å². The van der Waals surface area contributed by atoms with Crippen molar-refractivity contribution in [3.8, 4) is 0 Å². The summed E-state index contributed by atoms with van der Waals surface area (Å²) < 4.78 is 22.8. The average molecular weight is 297 g/mol. The van der Waals surface area contributed by atoms with E-state index in [1.54, 1.807) is 6.07 Å². The zero-order valence-electron chi connectivity index (χ0n) is 12.0. The molecule has 0 saturated heterocycles. The van der Waals surface area contributed by atoms with Gasteiger partial charge in [-0.3, -0.25) is 0 Å². The Morgan fingerprint density at radius 1 is 1.35 bits per heavy atom. The van der Waals surface area contributed by atoms with Crippen LogP contribution in [0.25, 0.3) is 0 Å². The molecule has 2 rings (SSSR count). The van der Waals surface area contributed by atoms with Crippen LogP contribution in [0.4, 0.5) is 11.4 Å². The molecule has 1 unspecified atom stereocenters. The van der Waals surface area contributed by atoms with E-state index in [1.165, 1.54) is 25.0 Å². The van der Waals surface area contributed by atoms with Gasteiger partial charge >= 0.3 is 0 Å². The van der Waals surface area contributed by atoms with Crippen LogP contribution in [-0.2, 0) is 10.0 Å². The van der Waals surface area contributed by atoms with E-state index in [9.17, 15) is 8.42 Å². The summed E-state index contributed by atoms with van der Waals surface area (Å²) in [7, 11) is -3.70. The molecule has 0 bridgehead atoms. The highest BCUT2D eigenvalue weighted by Gasteiger charge is 2.28. The third kappa shape index (κ3) is 3.64. The second kappa shape index (κ2) is 5.26. The summed E-state index contributed by atoms with van der Waals surface area (Å²) in [4.78, 5) is 0.0873. The predicted octanol–water partition coefficient (Wildman–Crippen LogP) is 2.30. The molecule has 1 aromatic rings. The number of anilines is 2. The molecule has 6 heteroatoms. The van der Waals surface area contributed by atoms with Crippen molar-refractivity contribution in [2.75, 3.05) is 11.1 Å². The maximum Gasteiger partial charge on any atom is 0.238 e. The molecule has 5 nitrogen and oxygen atoms in total. The molecule has 0 radical (unpaired) electrons. The number of primary sulfonamides is 1. The van der Waals surface area contributed by atoms with Gasteiger partial charge in [-0.15, -0.1) is 0 Å². The third-order valence-electron chi connectivity index (χ3n) is 3.92. The van der Waals surface area contributed by atoms with E-state index in [4.69, 9.17) is 10.9 Å². The lowest BCUT2D eigenvalue weighted by atomic mass is 9.75. The molecule has 0 aromatic heterocycles. The third-order valence-corrected chi connectivity index (χ3v) is 4.83. The van der Waals surface area contributed by atoms with Crippen molar-refractivity contribution in [1.29, 1.82) is 0 Å². The molecule has 20 heavy (non-hydrogen) atoms. The summed E-state index contributed by atoms with van der Waals surface area (Å²) in [5, 5.41) is 8.53. The van der Waals surface area contributed by atoms with E-state index >= 15 is 0 Å². The number of hydrogen-bond donors (Lipinski definition) is 3. The molecule has 1 aliphatic rings. The quantitative estimate of drug-likeness (QED) is 0.745. The van der Waals surface area contributed by atoms with Gasteiger partial charge in [0.25, 0.3) is 0 Å². The zero-order valence-corrected chi connectivity index (χ0v) is 12.8. The predicted molar refractivity (Wildman–Crippen MR) is 81.9 cm³/mol. The highest BCUT2D eigenvalue weighted by Crippen LogP contribution is 2.37. The van der Waals surface area contributed by atoms with Crippen LogP contribution >= 0.6 is 0 Å². The van der Waals surface area contributed by atoms with Crippen LogP contribution in [0.1, 0.15) is 39.5 Å². The van der Waals surface area contributed by atoms with E-state index in [2.05, 4.69) is 19.2 Å². The highest BCUT2D eigenvalue weighted by atomic mass is 32.2. The molecule has 5 N–H and O–H groups in total. The first-order valence-corrected chi connectivity index (χ1v) is 8.41. The lowest BCUT2D eigenvalue weighted by Gasteiger charge is -2.36. The lowest BCUT2D eigenvalue weighted by Crippen LogP contribution is -2.32. The van der Waals surface area contributed by atoms with Crippen LogP contribution in [0.3, 0.4) is 0 Å². The van der Waals surface area contributed by atoms with Gasteiger partial charge in [0.1, 0.15) is 0 Å². The van der Waals surface area contributed by atoms with Gasteiger partial charge in [-0.05, 0) is 42.9 Å². The van der Waals surface area contributed by atoms with Gasteiger partial charge in [0.15, 0.2) is 0 Å². The minimum absolute atomic E-state index is 0.0873. The van der Waals surface area contributed by atoms with Gasteiger partial charge in [0, 0.05) is 6.04 Å². The van der Waals surface area contributed by atoms with Crippen LogP contribution in [0, 0.1) is 5.41 Å². The molecule has 1 atom stereocenters. The van der Waals surface area contributed by atoms with E-state index in [-0.39, 0.29) is 4.90 Å². The summed E-state index contributed by atoms with van der Waals surface area (Å²) >= 11 is 0.